The highest BCUT2D eigenvalue weighted by molar-refractivity contribution is 5.76. The Kier molecular flexibility index (Phi) is 57.0. The number of amides is 1. The van der Waals surface area contributed by atoms with Crippen molar-refractivity contribution in [2.24, 2.45) is 0 Å². The number of carbonyl (C=O) groups excluding carboxylic acids is 2. The summed E-state index contributed by atoms with van der Waals surface area (Å²) in [5, 5.41) is 23.4. The van der Waals surface area contributed by atoms with Crippen molar-refractivity contribution in [3.8, 4) is 0 Å². The molecule has 0 aliphatic rings. The summed E-state index contributed by atoms with van der Waals surface area (Å²) < 4.78 is 5.48. The third-order valence-electron chi connectivity index (χ3n) is 14.6. The van der Waals surface area contributed by atoms with E-state index in [1.54, 1.807) is 0 Å². The maximum absolute atomic E-state index is 12.5. The summed E-state index contributed by atoms with van der Waals surface area (Å²) in [7, 11) is 0. The zero-order valence-corrected chi connectivity index (χ0v) is 46.1. The first-order valence-electron chi connectivity index (χ1n) is 30.9. The van der Waals surface area contributed by atoms with E-state index in [9.17, 15) is 19.8 Å². The molecule has 1 amide bonds. The van der Waals surface area contributed by atoms with E-state index in [1.165, 1.54) is 257 Å². The fraction of sp³-hybridized carbons (Fsp3) is 0.935. The van der Waals surface area contributed by atoms with Crippen LogP contribution in [-0.2, 0) is 14.3 Å². The van der Waals surface area contributed by atoms with Gasteiger partial charge in [-0.05, 0) is 51.4 Å². The van der Waals surface area contributed by atoms with Crippen LogP contribution in [0.25, 0.3) is 0 Å². The number of rotatable bonds is 58. The van der Waals surface area contributed by atoms with Gasteiger partial charge in [0.15, 0.2) is 0 Å². The largest absolute Gasteiger partial charge is 0.466 e. The number of hydrogen-bond donors (Lipinski definition) is 3. The summed E-state index contributed by atoms with van der Waals surface area (Å²) in [5.74, 6) is -0.0649. The zero-order chi connectivity index (χ0) is 49.3. The van der Waals surface area contributed by atoms with Gasteiger partial charge in [0.2, 0.25) is 5.91 Å². The second-order valence-electron chi connectivity index (χ2n) is 21.4. The lowest BCUT2D eigenvalue weighted by Crippen LogP contribution is -2.45. The zero-order valence-electron chi connectivity index (χ0n) is 46.1. The number of esters is 1. The van der Waals surface area contributed by atoms with E-state index in [1.807, 2.05) is 0 Å². The average Bonchev–Trinajstić information content (AvgIpc) is 3.34. The van der Waals surface area contributed by atoms with E-state index in [0.717, 1.165) is 57.8 Å². The lowest BCUT2D eigenvalue weighted by atomic mass is 10.0. The van der Waals surface area contributed by atoms with Gasteiger partial charge in [0.05, 0.1) is 25.4 Å². The molecule has 0 bridgehead atoms. The van der Waals surface area contributed by atoms with Crippen molar-refractivity contribution in [3.63, 3.8) is 0 Å². The van der Waals surface area contributed by atoms with Gasteiger partial charge in [-0.1, -0.05) is 296 Å². The number of hydrogen-bond acceptors (Lipinski definition) is 5. The summed E-state index contributed by atoms with van der Waals surface area (Å²) in [5.41, 5.74) is 0. The Morgan fingerprint density at radius 1 is 0.397 bits per heavy atom. The molecule has 0 aromatic carbocycles. The highest BCUT2D eigenvalue weighted by Gasteiger charge is 2.20. The van der Waals surface area contributed by atoms with Crippen LogP contribution in [0.5, 0.6) is 0 Å². The molecular weight excluding hydrogens is 839 g/mol. The molecule has 6 heteroatoms. The highest BCUT2D eigenvalue weighted by atomic mass is 16.5. The third kappa shape index (κ3) is 53.9. The predicted octanol–water partition coefficient (Wildman–Crippen LogP) is 19.2. The molecule has 0 aromatic rings. The first-order valence-corrected chi connectivity index (χ1v) is 30.9. The molecule has 2 atom stereocenters. The second-order valence-corrected chi connectivity index (χ2v) is 21.4. The van der Waals surface area contributed by atoms with Crippen molar-refractivity contribution in [2.45, 2.75) is 360 Å². The monoisotopic (exact) mass is 960 g/mol. The Labute approximate surface area is 425 Å². The Balaban J connectivity index is 3.44. The number of aliphatic hydroxyl groups excluding tert-OH is 2. The van der Waals surface area contributed by atoms with Gasteiger partial charge in [0.1, 0.15) is 0 Å². The Morgan fingerprint density at radius 3 is 1.04 bits per heavy atom. The van der Waals surface area contributed by atoms with E-state index in [-0.39, 0.29) is 18.5 Å². The van der Waals surface area contributed by atoms with E-state index in [0.29, 0.717) is 25.9 Å². The Hall–Kier alpha value is -1.40. The number of ether oxygens (including phenoxy) is 1. The SMILES string of the molecule is CCCCCCCCC/C=C\CCCCCCCCCC(=O)OCCCCCCCCCCCCCC(=O)NC(CO)C(O)CCCCCCCCCCCCCCCCCCCCCCCC. The number of unbranched alkanes of at least 4 members (excludes halogenated alkanes) is 45. The van der Waals surface area contributed by atoms with Crippen LogP contribution in [0.15, 0.2) is 12.2 Å². The number of carbonyl (C=O) groups is 2. The fourth-order valence-corrected chi connectivity index (χ4v) is 9.81. The molecule has 0 aliphatic carbocycles. The normalized spacial score (nSPS) is 12.6. The van der Waals surface area contributed by atoms with Crippen LogP contribution in [0.3, 0.4) is 0 Å². The van der Waals surface area contributed by atoms with Crippen LogP contribution in [0.1, 0.15) is 348 Å². The quantitative estimate of drug-likeness (QED) is 0.0321. The summed E-state index contributed by atoms with van der Waals surface area (Å²) in [6.45, 7) is 4.94. The molecule has 0 heterocycles. The molecule has 3 N–H and O–H groups in total. The standard InChI is InChI=1S/C62H121NO5/c1-3-5-7-9-11-13-15-17-19-21-23-24-25-26-27-29-31-34-38-42-46-50-54-60(65)59(58-64)63-61(66)55-51-47-43-39-35-33-37-41-45-49-53-57-68-62(67)56-52-48-44-40-36-32-30-28-22-20-18-16-14-12-10-8-6-4-2/h20,22,59-60,64-65H,3-19,21,23-58H2,1-2H3,(H,63,66)/b22-20-. The van der Waals surface area contributed by atoms with E-state index >= 15 is 0 Å². The summed E-state index contributed by atoms with van der Waals surface area (Å²) in [6.07, 6.45) is 69.2. The lowest BCUT2D eigenvalue weighted by Gasteiger charge is -2.22. The minimum Gasteiger partial charge on any atom is -0.466 e. The maximum Gasteiger partial charge on any atom is 0.305 e. The van der Waals surface area contributed by atoms with Gasteiger partial charge < -0.3 is 20.3 Å². The second kappa shape index (κ2) is 58.2. The van der Waals surface area contributed by atoms with Crippen molar-refractivity contribution >= 4 is 11.9 Å². The molecular formula is C62H121NO5. The molecule has 0 radical (unpaired) electrons. The molecule has 0 aromatic heterocycles. The van der Waals surface area contributed by atoms with E-state index < -0.39 is 12.1 Å². The smallest absolute Gasteiger partial charge is 0.305 e. The van der Waals surface area contributed by atoms with Gasteiger partial charge in [-0.15, -0.1) is 0 Å². The van der Waals surface area contributed by atoms with Gasteiger partial charge in [-0.25, -0.2) is 0 Å². The summed E-state index contributed by atoms with van der Waals surface area (Å²) >= 11 is 0. The number of nitrogens with one attached hydrogen (secondary N) is 1. The minimum absolute atomic E-state index is 0.0151. The summed E-state index contributed by atoms with van der Waals surface area (Å²) in [6, 6.07) is -0.556. The fourth-order valence-electron chi connectivity index (χ4n) is 9.81. The van der Waals surface area contributed by atoms with Crippen molar-refractivity contribution < 1.29 is 24.5 Å². The molecule has 0 saturated heterocycles. The first kappa shape index (κ1) is 66.6. The predicted molar refractivity (Wildman–Crippen MR) is 297 cm³/mol. The van der Waals surface area contributed by atoms with Crippen LogP contribution in [0, 0.1) is 0 Å². The third-order valence-corrected chi connectivity index (χ3v) is 14.6. The van der Waals surface area contributed by atoms with Gasteiger partial charge in [-0.3, -0.25) is 9.59 Å². The van der Waals surface area contributed by atoms with Crippen LogP contribution < -0.4 is 5.32 Å². The van der Waals surface area contributed by atoms with Crippen LogP contribution in [-0.4, -0.2) is 47.4 Å². The minimum atomic E-state index is -0.677. The summed E-state index contributed by atoms with van der Waals surface area (Å²) in [4.78, 5) is 24.6. The van der Waals surface area contributed by atoms with Gasteiger partial charge >= 0.3 is 5.97 Å². The number of allylic oxidation sites excluding steroid dienone is 2. The van der Waals surface area contributed by atoms with Gasteiger partial charge in [0.25, 0.3) is 0 Å². The van der Waals surface area contributed by atoms with Gasteiger partial charge in [0, 0.05) is 12.8 Å². The van der Waals surface area contributed by atoms with E-state index in [2.05, 4.69) is 31.3 Å². The molecule has 68 heavy (non-hydrogen) atoms. The average molecular weight is 961 g/mol. The molecule has 404 valence electrons. The van der Waals surface area contributed by atoms with Crippen LogP contribution in [0.2, 0.25) is 0 Å². The van der Waals surface area contributed by atoms with Crippen LogP contribution in [0.4, 0.5) is 0 Å². The van der Waals surface area contributed by atoms with Crippen molar-refractivity contribution in [1.29, 1.82) is 0 Å². The van der Waals surface area contributed by atoms with E-state index in [4.69, 9.17) is 4.74 Å². The molecule has 0 fully saturated rings. The first-order chi connectivity index (χ1) is 33.5. The molecule has 0 rings (SSSR count). The molecule has 0 saturated carbocycles. The Morgan fingerprint density at radius 2 is 0.691 bits per heavy atom. The maximum atomic E-state index is 12.5. The van der Waals surface area contributed by atoms with Crippen LogP contribution >= 0.6 is 0 Å². The highest BCUT2D eigenvalue weighted by Crippen LogP contribution is 2.18. The van der Waals surface area contributed by atoms with Crippen molar-refractivity contribution in [1.82, 2.24) is 5.32 Å². The molecule has 2 unspecified atom stereocenters. The Bertz CT molecular complexity index is 1020. The van der Waals surface area contributed by atoms with Crippen molar-refractivity contribution in [3.05, 3.63) is 12.2 Å². The molecule has 0 spiro atoms. The molecule has 6 nitrogen and oxygen atoms in total. The van der Waals surface area contributed by atoms with Gasteiger partial charge in [-0.2, -0.15) is 0 Å². The molecule has 0 aliphatic heterocycles. The number of aliphatic hydroxyl groups is 2. The van der Waals surface area contributed by atoms with Crippen molar-refractivity contribution in [2.75, 3.05) is 13.2 Å². The topological polar surface area (TPSA) is 95.9 Å². The lowest BCUT2D eigenvalue weighted by molar-refractivity contribution is -0.143.